The van der Waals surface area contributed by atoms with Crippen molar-refractivity contribution in [3.05, 3.63) is 29.4 Å². The van der Waals surface area contributed by atoms with Gasteiger partial charge in [0.2, 0.25) is 0 Å². The van der Waals surface area contributed by atoms with Gasteiger partial charge in [-0.3, -0.25) is 4.79 Å². The number of carbonyl (C=O) groups is 1. The van der Waals surface area contributed by atoms with Gasteiger partial charge >= 0.3 is 0 Å². The van der Waals surface area contributed by atoms with Crippen molar-refractivity contribution in [1.29, 1.82) is 0 Å². The van der Waals surface area contributed by atoms with Crippen molar-refractivity contribution in [2.24, 2.45) is 5.10 Å². The molecule has 1 aliphatic heterocycles. The van der Waals surface area contributed by atoms with Crippen LogP contribution >= 0.6 is 11.6 Å². The summed E-state index contributed by atoms with van der Waals surface area (Å²) in [4.78, 5) is 20.3. The Morgan fingerprint density at radius 1 is 1.22 bits per heavy atom. The number of amides is 1. The number of halogens is 1. The molecule has 0 bridgehead atoms. The summed E-state index contributed by atoms with van der Waals surface area (Å²) in [5.41, 5.74) is 2.12. The third-order valence-electron chi connectivity index (χ3n) is 2.63. The van der Waals surface area contributed by atoms with Crippen LogP contribution in [0.25, 0.3) is 11.0 Å². The third-order valence-corrected chi connectivity index (χ3v) is 2.88. The van der Waals surface area contributed by atoms with E-state index in [1.54, 1.807) is 6.92 Å². The number of benzene rings is 1. The fourth-order valence-electron chi connectivity index (χ4n) is 1.83. The second kappa shape index (κ2) is 4.03. The number of aromatic nitrogens is 2. The van der Waals surface area contributed by atoms with Crippen LogP contribution in [0.2, 0.25) is 5.15 Å². The molecule has 1 aromatic carbocycles. The summed E-state index contributed by atoms with van der Waals surface area (Å²) in [6, 6.07) is 7.35. The van der Waals surface area contributed by atoms with Crippen LogP contribution in [-0.4, -0.2) is 21.6 Å². The maximum Gasteiger partial charge on any atom is 0.254 e. The van der Waals surface area contributed by atoms with Crippen LogP contribution in [0.15, 0.2) is 29.4 Å². The van der Waals surface area contributed by atoms with E-state index < -0.39 is 0 Å². The van der Waals surface area contributed by atoms with Crippen LogP contribution in [0.4, 0.5) is 5.82 Å². The highest BCUT2D eigenvalue weighted by Crippen LogP contribution is 2.27. The Morgan fingerprint density at radius 2 is 1.89 bits per heavy atom. The minimum atomic E-state index is -0.140. The first-order chi connectivity index (χ1) is 8.65. The van der Waals surface area contributed by atoms with Crippen LogP contribution in [0.1, 0.15) is 13.3 Å². The van der Waals surface area contributed by atoms with Gasteiger partial charge in [-0.2, -0.15) is 10.1 Å². The van der Waals surface area contributed by atoms with E-state index in [0.717, 1.165) is 5.71 Å². The predicted molar refractivity (Wildman–Crippen MR) is 69.8 cm³/mol. The first-order valence-electron chi connectivity index (χ1n) is 5.44. The van der Waals surface area contributed by atoms with Crippen molar-refractivity contribution in [2.75, 3.05) is 5.01 Å². The zero-order valence-electron chi connectivity index (χ0n) is 9.59. The molecule has 0 atom stereocenters. The number of nitrogens with zero attached hydrogens (tertiary/aromatic N) is 4. The summed E-state index contributed by atoms with van der Waals surface area (Å²) in [5.74, 6) is 0.149. The molecule has 1 aliphatic rings. The number of fused-ring (bicyclic) bond motifs is 1. The Hall–Kier alpha value is -2.01. The van der Waals surface area contributed by atoms with Gasteiger partial charge in [0.1, 0.15) is 0 Å². The van der Waals surface area contributed by atoms with E-state index in [0.29, 0.717) is 17.5 Å². The number of carbonyl (C=O) groups excluding carboxylic acids is 1. The van der Waals surface area contributed by atoms with Crippen molar-refractivity contribution in [3.8, 4) is 0 Å². The highest BCUT2D eigenvalue weighted by molar-refractivity contribution is 6.33. The highest BCUT2D eigenvalue weighted by Gasteiger charge is 2.26. The van der Waals surface area contributed by atoms with Crippen LogP contribution < -0.4 is 5.01 Å². The molecule has 1 aromatic heterocycles. The number of hydrogen-bond acceptors (Lipinski definition) is 4. The molecule has 2 heterocycles. The van der Waals surface area contributed by atoms with Crippen LogP contribution in [-0.2, 0) is 4.79 Å². The number of para-hydroxylation sites is 2. The van der Waals surface area contributed by atoms with Gasteiger partial charge in [0, 0.05) is 5.71 Å². The number of anilines is 1. The summed E-state index contributed by atoms with van der Waals surface area (Å²) in [5, 5.41) is 5.52. The zero-order chi connectivity index (χ0) is 12.7. The molecule has 90 valence electrons. The van der Waals surface area contributed by atoms with Crippen molar-refractivity contribution in [2.45, 2.75) is 13.3 Å². The van der Waals surface area contributed by atoms with E-state index in [2.05, 4.69) is 15.1 Å². The lowest BCUT2D eigenvalue weighted by atomic mass is 10.3. The number of hydrazone groups is 1. The zero-order valence-corrected chi connectivity index (χ0v) is 10.3. The monoisotopic (exact) mass is 260 g/mol. The molecule has 18 heavy (non-hydrogen) atoms. The Kier molecular flexibility index (Phi) is 2.48. The van der Waals surface area contributed by atoms with E-state index in [9.17, 15) is 4.79 Å². The summed E-state index contributed by atoms with van der Waals surface area (Å²) in [6.45, 7) is 1.79. The lowest BCUT2D eigenvalue weighted by molar-refractivity contribution is -0.116. The minimum absolute atomic E-state index is 0.140. The second-order valence-corrected chi connectivity index (χ2v) is 4.40. The van der Waals surface area contributed by atoms with Gasteiger partial charge in [-0.25, -0.2) is 9.97 Å². The first kappa shape index (κ1) is 11.1. The molecule has 0 unspecified atom stereocenters. The Balaban J connectivity index is 2.17. The molecule has 6 heteroatoms. The lowest BCUT2D eigenvalue weighted by Gasteiger charge is -2.12. The van der Waals surface area contributed by atoms with Gasteiger partial charge in [-0.15, -0.1) is 0 Å². The van der Waals surface area contributed by atoms with Crippen LogP contribution in [0.5, 0.6) is 0 Å². The number of rotatable bonds is 1. The molecular formula is C12H9ClN4O. The summed E-state index contributed by atoms with van der Waals surface area (Å²) in [7, 11) is 0. The SMILES string of the molecule is CC1=NN(c2nc3ccccc3nc2Cl)C(=O)C1. The third kappa shape index (κ3) is 1.73. The first-order valence-corrected chi connectivity index (χ1v) is 5.82. The van der Waals surface area contributed by atoms with Crippen LogP contribution in [0.3, 0.4) is 0 Å². The fraction of sp³-hybridized carbons (Fsp3) is 0.167. The second-order valence-electron chi connectivity index (χ2n) is 4.04. The van der Waals surface area contributed by atoms with E-state index >= 15 is 0 Å². The smallest absolute Gasteiger partial charge is 0.254 e. The summed E-state index contributed by atoms with van der Waals surface area (Å²) in [6.07, 6.45) is 0.296. The standard InChI is InChI=1S/C12H9ClN4O/c1-7-6-10(18)17(16-7)12-11(13)14-8-4-2-3-5-9(8)15-12/h2-5H,6H2,1H3. The predicted octanol–water partition coefficient (Wildman–Crippen LogP) is 2.40. The van der Waals surface area contributed by atoms with E-state index in [1.165, 1.54) is 5.01 Å². The van der Waals surface area contributed by atoms with Gasteiger partial charge in [0.05, 0.1) is 17.5 Å². The molecule has 0 aliphatic carbocycles. The molecule has 0 radical (unpaired) electrons. The van der Waals surface area contributed by atoms with Gasteiger partial charge in [-0.05, 0) is 19.1 Å². The Bertz CT molecular complexity index is 683. The number of hydrogen-bond donors (Lipinski definition) is 0. The minimum Gasteiger partial charge on any atom is -0.272 e. The molecule has 0 N–H and O–H groups in total. The van der Waals surface area contributed by atoms with Gasteiger partial charge in [0.25, 0.3) is 5.91 Å². The van der Waals surface area contributed by atoms with Crippen molar-refractivity contribution >= 4 is 40.1 Å². The van der Waals surface area contributed by atoms with Gasteiger partial charge < -0.3 is 0 Å². The average Bonchev–Trinajstić information content (AvgIpc) is 2.67. The van der Waals surface area contributed by atoms with E-state index in [-0.39, 0.29) is 16.9 Å². The van der Waals surface area contributed by atoms with Crippen molar-refractivity contribution in [1.82, 2.24) is 9.97 Å². The van der Waals surface area contributed by atoms with Crippen LogP contribution in [0, 0.1) is 0 Å². The fourth-order valence-corrected chi connectivity index (χ4v) is 2.04. The normalized spacial score (nSPS) is 15.3. The van der Waals surface area contributed by atoms with E-state index in [4.69, 9.17) is 11.6 Å². The van der Waals surface area contributed by atoms with E-state index in [1.807, 2.05) is 24.3 Å². The molecule has 1 amide bonds. The average molecular weight is 261 g/mol. The topological polar surface area (TPSA) is 58.5 Å². The Morgan fingerprint density at radius 3 is 2.50 bits per heavy atom. The molecule has 0 saturated heterocycles. The van der Waals surface area contributed by atoms with Crippen molar-refractivity contribution < 1.29 is 4.79 Å². The maximum absolute atomic E-state index is 11.8. The van der Waals surface area contributed by atoms with Gasteiger partial charge in [0.15, 0.2) is 11.0 Å². The largest absolute Gasteiger partial charge is 0.272 e. The molecule has 2 aromatic rings. The molecule has 0 spiro atoms. The highest BCUT2D eigenvalue weighted by atomic mass is 35.5. The molecule has 0 fully saturated rings. The summed E-state index contributed by atoms with van der Waals surface area (Å²) >= 11 is 6.06. The quantitative estimate of drug-likeness (QED) is 0.791. The lowest BCUT2D eigenvalue weighted by Crippen LogP contribution is -2.21. The molecule has 3 rings (SSSR count). The molecular weight excluding hydrogens is 252 g/mol. The molecule has 0 saturated carbocycles. The molecule has 5 nitrogen and oxygen atoms in total. The maximum atomic E-state index is 11.8. The van der Waals surface area contributed by atoms with Crippen molar-refractivity contribution in [3.63, 3.8) is 0 Å². The Labute approximate surface area is 108 Å². The van der Waals surface area contributed by atoms with Gasteiger partial charge in [-0.1, -0.05) is 23.7 Å². The summed E-state index contributed by atoms with van der Waals surface area (Å²) < 4.78 is 0.